The number of nitrogens with zero attached hydrogens (tertiary/aromatic N) is 2. The van der Waals surface area contributed by atoms with Crippen LogP contribution < -0.4 is 14.5 Å². The van der Waals surface area contributed by atoms with E-state index in [0.29, 0.717) is 6.54 Å². The van der Waals surface area contributed by atoms with Gasteiger partial charge in [-0.1, -0.05) is 24.3 Å². The first-order valence-electron chi connectivity index (χ1n) is 7.90. The normalized spacial score (nSPS) is 10.4. The number of para-hydroxylation sites is 1. The Balaban J connectivity index is 2.29. The molecule has 0 aliphatic rings. The van der Waals surface area contributed by atoms with E-state index in [1.54, 1.807) is 12.0 Å². The van der Waals surface area contributed by atoms with Gasteiger partial charge in [-0.05, 0) is 29.8 Å². The van der Waals surface area contributed by atoms with E-state index >= 15 is 0 Å². The van der Waals surface area contributed by atoms with Gasteiger partial charge in [-0.3, -0.25) is 4.79 Å². The van der Waals surface area contributed by atoms with E-state index < -0.39 is 0 Å². The molecule has 0 N–H and O–H groups in total. The van der Waals surface area contributed by atoms with Crippen LogP contribution in [0, 0.1) is 0 Å². The number of anilines is 2. The molecular formula is C19H23ClN2O3. The van der Waals surface area contributed by atoms with Gasteiger partial charge >= 0.3 is 0 Å². The number of halogens is 1. The second-order valence-corrected chi connectivity index (χ2v) is 5.96. The van der Waals surface area contributed by atoms with Gasteiger partial charge in [0.15, 0.2) is 6.79 Å². The third-order valence-electron chi connectivity index (χ3n) is 3.66. The number of ether oxygens (including phenoxy) is 2. The quantitative estimate of drug-likeness (QED) is 0.532. The largest absolute Gasteiger partial charge is 0.465 e. The van der Waals surface area contributed by atoms with Crippen LogP contribution in [0.4, 0.5) is 11.4 Å². The topological polar surface area (TPSA) is 42.0 Å². The SMILES string of the molecule is COCOc1ccc(CN(C(=O)CCl)c2ccccc2)cc1N(C)C. The highest BCUT2D eigenvalue weighted by atomic mass is 35.5. The number of methoxy groups -OCH3 is 1. The molecule has 0 aliphatic heterocycles. The Morgan fingerprint density at radius 3 is 2.44 bits per heavy atom. The molecule has 134 valence electrons. The van der Waals surface area contributed by atoms with Crippen molar-refractivity contribution >= 4 is 28.9 Å². The lowest BCUT2D eigenvalue weighted by molar-refractivity contribution is -0.116. The average molecular weight is 363 g/mol. The van der Waals surface area contributed by atoms with Crippen molar-refractivity contribution in [1.29, 1.82) is 0 Å². The van der Waals surface area contributed by atoms with Crippen molar-refractivity contribution < 1.29 is 14.3 Å². The van der Waals surface area contributed by atoms with Crippen molar-refractivity contribution in [1.82, 2.24) is 0 Å². The van der Waals surface area contributed by atoms with Crippen LogP contribution in [0.3, 0.4) is 0 Å². The zero-order chi connectivity index (χ0) is 18.2. The zero-order valence-electron chi connectivity index (χ0n) is 14.7. The molecule has 0 radical (unpaired) electrons. The number of carbonyl (C=O) groups is 1. The first-order chi connectivity index (χ1) is 12.1. The van der Waals surface area contributed by atoms with E-state index in [1.165, 1.54) is 0 Å². The van der Waals surface area contributed by atoms with E-state index in [-0.39, 0.29) is 18.6 Å². The predicted octanol–water partition coefficient (Wildman–Crippen LogP) is 3.51. The van der Waals surface area contributed by atoms with E-state index in [9.17, 15) is 4.79 Å². The highest BCUT2D eigenvalue weighted by Gasteiger charge is 2.16. The Hall–Kier alpha value is -2.24. The summed E-state index contributed by atoms with van der Waals surface area (Å²) in [5, 5.41) is 0. The second-order valence-electron chi connectivity index (χ2n) is 5.70. The summed E-state index contributed by atoms with van der Waals surface area (Å²) in [5.74, 6) is 0.522. The highest BCUT2D eigenvalue weighted by molar-refractivity contribution is 6.29. The molecule has 0 atom stereocenters. The molecule has 2 aromatic carbocycles. The van der Waals surface area contributed by atoms with Gasteiger partial charge in [-0.25, -0.2) is 0 Å². The smallest absolute Gasteiger partial charge is 0.242 e. The lowest BCUT2D eigenvalue weighted by Crippen LogP contribution is -2.31. The van der Waals surface area contributed by atoms with Crippen molar-refractivity contribution in [3.8, 4) is 5.75 Å². The molecule has 0 unspecified atom stereocenters. The number of benzene rings is 2. The molecule has 2 aromatic rings. The summed E-state index contributed by atoms with van der Waals surface area (Å²) in [7, 11) is 5.47. The molecule has 0 fully saturated rings. The molecule has 0 aromatic heterocycles. The van der Waals surface area contributed by atoms with Gasteiger partial charge < -0.3 is 19.3 Å². The molecule has 25 heavy (non-hydrogen) atoms. The summed E-state index contributed by atoms with van der Waals surface area (Å²) >= 11 is 5.79. The lowest BCUT2D eigenvalue weighted by Gasteiger charge is -2.24. The summed E-state index contributed by atoms with van der Waals surface area (Å²) < 4.78 is 10.6. The Morgan fingerprint density at radius 2 is 1.84 bits per heavy atom. The number of rotatable bonds is 8. The molecule has 1 amide bonds. The van der Waals surface area contributed by atoms with Crippen LogP contribution in [0.15, 0.2) is 48.5 Å². The van der Waals surface area contributed by atoms with Crippen LogP contribution in [0.5, 0.6) is 5.75 Å². The molecule has 0 saturated carbocycles. The Kier molecular flexibility index (Phi) is 7.10. The second kappa shape index (κ2) is 9.30. The molecule has 0 aliphatic carbocycles. The van der Waals surface area contributed by atoms with Crippen LogP contribution >= 0.6 is 11.6 Å². The monoisotopic (exact) mass is 362 g/mol. The lowest BCUT2D eigenvalue weighted by atomic mass is 10.1. The average Bonchev–Trinajstić information content (AvgIpc) is 2.64. The summed E-state index contributed by atoms with van der Waals surface area (Å²) in [5.41, 5.74) is 2.72. The fraction of sp³-hybridized carbons (Fsp3) is 0.316. The van der Waals surface area contributed by atoms with Crippen molar-refractivity contribution in [3.05, 3.63) is 54.1 Å². The highest BCUT2D eigenvalue weighted by Crippen LogP contribution is 2.29. The fourth-order valence-electron chi connectivity index (χ4n) is 2.44. The minimum Gasteiger partial charge on any atom is -0.465 e. The van der Waals surface area contributed by atoms with Crippen molar-refractivity contribution in [3.63, 3.8) is 0 Å². The van der Waals surface area contributed by atoms with E-state index in [2.05, 4.69) is 0 Å². The summed E-state index contributed by atoms with van der Waals surface area (Å²) in [6.45, 7) is 0.613. The Labute approximate surface area is 153 Å². The van der Waals surface area contributed by atoms with E-state index in [1.807, 2.05) is 67.5 Å². The summed E-state index contributed by atoms with van der Waals surface area (Å²) in [6.07, 6.45) is 0. The zero-order valence-corrected chi connectivity index (χ0v) is 15.5. The summed E-state index contributed by atoms with van der Waals surface area (Å²) in [6, 6.07) is 15.3. The van der Waals surface area contributed by atoms with Gasteiger partial charge in [0.2, 0.25) is 5.91 Å². The van der Waals surface area contributed by atoms with Gasteiger partial charge in [0, 0.05) is 26.9 Å². The minimum absolute atomic E-state index is 0.0650. The Bertz CT molecular complexity index is 692. The van der Waals surface area contributed by atoms with Crippen LogP contribution in [0.25, 0.3) is 0 Å². The van der Waals surface area contributed by atoms with Crippen LogP contribution in [0.1, 0.15) is 5.56 Å². The third-order valence-corrected chi connectivity index (χ3v) is 3.89. The van der Waals surface area contributed by atoms with Gasteiger partial charge in [0.05, 0.1) is 12.2 Å². The van der Waals surface area contributed by atoms with E-state index in [0.717, 1.165) is 22.7 Å². The van der Waals surface area contributed by atoms with Gasteiger partial charge in [-0.15, -0.1) is 11.6 Å². The molecule has 2 rings (SSSR count). The third kappa shape index (κ3) is 5.11. The van der Waals surface area contributed by atoms with Crippen molar-refractivity contribution in [2.45, 2.75) is 6.54 Å². The van der Waals surface area contributed by atoms with Crippen molar-refractivity contribution in [2.75, 3.05) is 43.7 Å². The maximum atomic E-state index is 12.3. The van der Waals surface area contributed by atoms with Crippen LogP contribution in [0.2, 0.25) is 0 Å². The molecule has 0 spiro atoms. The maximum Gasteiger partial charge on any atom is 0.242 e. The van der Waals surface area contributed by atoms with Crippen molar-refractivity contribution in [2.24, 2.45) is 0 Å². The molecule has 6 heteroatoms. The standard InChI is InChI=1S/C19H23ClN2O3/c1-21(2)17-11-15(9-10-18(17)25-14-24-3)13-22(19(23)12-20)16-7-5-4-6-8-16/h4-11H,12-14H2,1-3H3. The number of alkyl halides is 1. The molecule has 0 saturated heterocycles. The number of carbonyl (C=O) groups excluding carboxylic acids is 1. The van der Waals surface area contributed by atoms with Gasteiger partial charge in [-0.2, -0.15) is 0 Å². The van der Waals surface area contributed by atoms with E-state index in [4.69, 9.17) is 21.1 Å². The molecule has 5 nitrogen and oxygen atoms in total. The van der Waals surface area contributed by atoms with Gasteiger partial charge in [0.25, 0.3) is 0 Å². The first kappa shape index (κ1) is 19.1. The number of hydrogen-bond acceptors (Lipinski definition) is 4. The molecule has 0 heterocycles. The maximum absolute atomic E-state index is 12.3. The van der Waals surface area contributed by atoms with Crippen LogP contribution in [-0.2, 0) is 16.1 Å². The first-order valence-corrected chi connectivity index (χ1v) is 8.43. The Morgan fingerprint density at radius 1 is 1.12 bits per heavy atom. The number of hydrogen-bond donors (Lipinski definition) is 0. The molecule has 0 bridgehead atoms. The summed E-state index contributed by atoms with van der Waals surface area (Å²) in [4.78, 5) is 15.9. The van der Waals surface area contributed by atoms with Gasteiger partial charge in [0.1, 0.15) is 11.6 Å². The minimum atomic E-state index is -0.140. The predicted molar refractivity (Wildman–Crippen MR) is 102 cm³/mol. The number of amides is 1. The van der Waals surface area contributed by atoms with Crippen LogP contribution in [-0.4, -0.2) is 39.8 Å². The fourth-order valence-corrected chi connectivity index (χ4v) is 2.59. The molecular weight excluding hydrogens is 340 g/mol.